The first-order valence-corrected chi connectivity index (χ1v) is 7.86. The Morgan fingerprint density at radius 2 is 2.00 bits per heavy atom. The predicted molar refractivity (Wildman–Crippen MR) is 76.6 cm³/mol. The smallest absolute Gasteiger partial charge is 0.317 e. The zero-order valence-electron chi connectivity index (χ0n) is 12.4. The molecule has 2 N–H and O–H groups in total. The Bertz CT molecular complexity index is 362. The lowest BCUT2D eigenvalue weighted by Crippen LogP contribution is -2.53. The molecule has 20 heavy (non-hydrogen) atoms. The van der Waals surface area contributed by atoms with Crippen molar-refractivity contribution in [1.29, 1.82) is 0 Å². The lowest BCUT2D eigenvalue weighted by molar-refractivity contribution is -0.152. The molecular formula is C15H26N2O3. The number of nitrogens with one attached hydrogen (secondary N) is 1. The molecule has 5 heteroatoms. The summed E-state index contributed by atoms with van der Waals surface area (Å²) in [4.78, 5) is 25.6. The fourth-order valence-corrected chi connectivity index (χ4v) is 3.61. The second-order valence-electron chi connectivity index (χ2n) is 6.29. The van der Waals surface area contributed by atoms with Crippen LogP contribution < -0.4 is 5.32 Å². The highest BCUT2D eigenvalue weighted by atomic mass is 16.4. The number of carboxylic acids is 1. The zero-order valence-corrected chi connectivity index (χ0v) is 12.4. The van der Waals surface area contributed by atoms with Crippen molar-refractivity contribution < 1.29 is 14.7 Å². The van der Waals surface area contributed by atoms with Crippen LogP contribution >= 0.6 is 0 Å². The topological polar surface area (TPSA) is 69.6 Å². The molecule has 0 radical (unpaired) electrons. The number of rotatable bonds is 4. The van der Waals surface area contributed by atoms with Crippen LogP contribution in [0.2, 0.25) is 0 Å². The summed E-state index contributed by atoms with van der Waals surface area (Å²) in [5.41, 5.74) is -0.736. The molecular weight excluding hydrogens is 256 g/mol. The van der Waals surface area contributed by atoms with E-state index in [1.165, 1.54) is 12.8 Å². The number of carbonyl (C=O) groups excluding carboxylic acids is 1. The van der Waals surface area contributed by atoms with Gasteiger partial charge in [-0.1, -0.05) is 26.2 Å². The number of nitrogens with zero attached hydrogens (tertiary/aromatic N) is 1. The number of amides is 2. The molecule has 0 spiro atoms. The minimum Gasteiger partial charge on any atom is -0.481 e. The number of hydrogen-bond donors (Lipinski definition) is 2. The van der Waals surface area contributed by atoms with Gasteiger partial charge in [-0.05, 0) is 32.1 Å². The van der Waals surface area contributed by atoms with E-state index in [1.807, 2.05) is 6.92 Å². The first kappa shape index (κ1) is 15.1. The zero-order chi connectivity index (χ0) is 14.6. The van der Waals surface area contributed by atoms with Crippen molar-refractivity contribution in [3.8, 4) is 0 Å². The van der Waals surface area contributed by atoms with Crippen LogP contribution in [-0.2, 0) is 4.79 Å². The molecule has 0 aromatic heterocycles. The molecule has 1 heterocycles. The third kappa shape index (κ3) is 3.25. The van der Waals surface area contributed by atoms with E-state index in [-0.39, 0.29) is 12.1 Å². The van der Waals surface area contributed by atoms with Gasteiger partial charge >= 0.3 is 12.0 Å². The average molecular weight is 282 g/mol. The van der Waals surface area contributed by atoms with Crippen molar-refractivity contribution in [3.05, 3.63) is 0 Å². The van der Waals surface area contributed by atoms with Gasteiger partial charge in [-0.25, -0.2) is 4.79 Å². The second-order valence-corrected chi connectivity index (χ2v) is 6.29. The number of piperidine rings is 1. The fraction of sp³-hybridized carbons (Fsp3) is 0.867. The number of urea groups is 1. The molecule has 5 nitrogen and oxygen atoms in total. The standard InChI is InChI=1S/C15H26N2O3/c1-2-8-15(13(18)19)9-5-10-17(11-15)14(20)16-12-6-3-4-7-12/h12H,2-11H2,1H3,(H,16,20)(H,18,19). The van der Waals surface area contributed by atoms with Gasteiger partial charge < -0.3 is 15.3 Å². The fourth-order valence-electron chi connectivity index (χ4n) is 3.61. The molecule has 1 unspecified atom stereocenters. The van der Waals surface area contributed by atoms with Gasteiger partial charge in [-0.15, -0.1) is 0 Å². The molecule has 0 bridgehead atoms. The molecule has 1 saturated heterocycles. The van der Waals surface area contributed by atoms with E-state index in [0.29, 0.717) is 25.9 Å². The highest BCUT2D eigenvalue weighted by molar-refractivity contribution is 5.79. The molecule has 114 valence electrons. The highest BCUT2D eigenvalue weighted by Gasteiger charge is 2.43. The van der Waals surface area contributed by atoms with Crippen LogP contribution in [0, 0.1) is 5.41 Å². The summed E-state index contributed by atoms with van der Waals surface area (Å²) in [6.45, 7) is 3.04. The normalized spacial score (nSPS) is 27.6. The van der Waals surface area contributed by atoms with Gasteiger partial charge in [-0.2, -0.15) is 0 Å². The summed E-state index contributed by atoms with van der Waals surface area (Å²) in [5, 5.41) is 12.6. The molecule has 2 fully saturated rings. The Hall–Kier alpha value is -1.26. The molecule has 0 aromatic carbocycles. The SMILES string of the molecule is CCCC1(C(=O)O)CCCN(C(=O)NC2CCCC2)C1. The van der Waals surface area contributed by atoms with E-state index in [4.69, 9.17) is 0 Å². The maximum absolute atomic E-state index is 12.3. The van der Waals surface area contributed by atoms with Crippen LogP contribution in [0.1, 0.15) is 58.3 Å². The van der Waals surface area contributed by atoms with Crippen LogP contribution in [0.3, 0.4) is 0 Å². The van der Waals surface area contributed by atoms with Crippen molar-refractivity contribution in [2.45, 2.75) is 64.3 Å². The van der Waals surface area contributed by atoms with Crippen molar-refractivity contribution in [1.82, 2.24) is 10.2 Å². The Morgan fingerprint density at radius 1 is 1.30 bits per heavy atom. The van der Waals surface area contributed by atoms with Gasteiger partial charge in [-0.3, -0.25) is 4.79 Å². The van der Waals surface area contributed by atoms with Crippen molar-refractivity contribution in [2.24, 2.45) is 5.41 Å². The lowest BCUT2D eigenvalue weighted by Gasteiger charge is -2.40. The predicted octanol–water partition coefficient (Wildman–Crippen LogP) is 2.61. The van der Waals surface area contributed by atoms with E-state index >= 15 is 0 Å². The van der Waals surface area contributed by atoms with Gasteiger partial charge in [0, 0.05) is 19.1 Å². The molecule has 1 atom stereocenters. The van der Waals surface area contributed by atoms with Crippen molar-refractivity contribution in [2.75, 3.05) is 13.1 Å². The highest BCUT2D eigenvalue weighted by Crippen LogP contribution is 2.35. The summed E-state index contributed by atoms with van der Waals surface area (Å²) in [6, 6.07) is 0.216. The summed E-state index contributed by atoms with van der Waals surface area (Å²) < 4.78 is 0. The Morgan fingerprint density at radius 3 is 2.60 bits per heavy atom. The minimum absolute atomic E-state index is 0.0710. The average Bonchev–Trinajstić information content (AvgIpc) is 2.92. The van der Waals surface area contributed by atoms with E-state index in [9.17, 15) is 14.7 Å². The number of aliphatic carboxylic acids is 1. The quantitative estimate of drug-likeness (QED) is 0.832. The second kappa shape index (κ2) is 6.46. The van der Waals surface area contributed by atoms with Crippen LogP contribution in [0.4, 0.5) is 4.79 Å². The summed E-state index contributed by atoms with van der Waals surface area (Å²) in [7, 11) is 0. The van der Waals surface area contributed by atoms with Crippen molar-refractivity contribution >= 4 is 12.0 Å². The Kier molecular flexibility index (Phi) is 4.89. The largest absolute Gasteiger partial charge is 0.481 e. The lowest BCUT2D eigenvalue weighted by atomic mass is 9.76. The van der Waals surface area contributed by atoms with Gasteiger partial charge in [0.1, 0.15) is 0 Å². The van der Waals surface area contributed by atoms with E-state index in [2.05, 4.69) is 5.32 Å². The molecule has 2 aliphatic rings. The number of likely N-dealkylation sites (tertiary alicyclic amines) is 1. The summed E-state index contributed by atoms with van der Waals surface area (Å²) in [6.07, 6.45) is 7.42. The Labute approximate surface area is 120 Å². The van der Waals surface area contributed by atoms with Gasteiger partial charge in [0.25, 0.3) is 0 Å². The number of hydrogen-bond acceptors (Lipinski definition) is 2. The molecule has 1 aliphatic carbocycles. The maximum Gasteiger partial charge on any atom is 0.317 e. The van der Waals surface area contributed by atoms with Crippen molar-refractivity contribution in [3.63, 3.8) is 0 Å². The monoisotopic (exact) mass is 282 g/mol. The summed E-state index contributed by atoms with van der Waals surface area (Å²) >= 11 is 0. The minimum atomic E-state index is -0.752. The molecule has 0 aromatic rings. The van der Waals surface area contributed by atoms with Gasteiger partial charge in [0.05, 0.1) is 5.41 Å². The molecule has 1 aliphatic heterocycles. The Balaban J connectivity index is 1.97. The van der Waals surface area contributed by atoms with E-state index in [0.717, 1.165) is 25.7 Å². The van der Waals surface area contributed by atoms with Crippen LogP contribution in [-0.4, -0.2) is 41.1 Å². The van der Waals surface area contributed by atoms with Gasteiger partial charge in [0.2, 0.25) is 0 Å². The first-order chi connectivity index (χ1) is 9.57. The van der Waals surface area contributed by atoms with E-state index in [1.54, 1.807) is 4.90 Å². The molecule has 2 amide bonds. The van der Waals surface area contributed by atoms with Crippen LogP contribution in [0.5, 0.6) is 0 Å². The third-order valence-corrected chi connectivity index (χ3v) is 4.73. The molecule has 2 rings (SSSR count). The van der Waals surface area contributed by atoms with Gasteiger partial charge in [0.15, 0.2) is 0 Å². The first-order valence-electron chi connectivity index (χ1n) is 7.86. The van der Waals surface area contributed by atoms with E-state index < -0.39 is 11.4 Å². The maximum atomic E-state index is 12.3. The number of carboxylic acid groups (broad SMARTS) is 1. The third-order valence-electron chi connectivity index (χ3n) is 4.73. The van der Waals surface area contributed by atoms with Crippen LogP contribution in [0.25, 0.3) is 0 Å². The summed E-state index contributed by atoms with van der Waals surface area (Å²) in [5.74, 6) is -0.752. The molecule has 1 saturated carbocycles. The number of carbonyl (C=O) groups is 2. The van der Waals surface area contributed by atoms with Crippen LogP contribution in [0.15, 0.2) is 0 Å².